The molecule has 3 aromatic carbocycles. The number of thioether (sulfide) groups is 1. The molecule has 6 heteroatoms. The van der Waals surface area contributed by atoms with Crippen molar-refractivity contribution in [1.82, 2.24) is 5.32 Å². The number of fused-ring (bicyclic) bond motifs is 1. The molecule has 1 aliphatic rings. The Morgan fingerprint density at radius 2 is 1.91 bits per heavy atom. The van der Waals surface area contributed by atoms with Crippen molar-refractivity contribution < 1.29 is 9.59 Å². The highest BCUT2D eigenvalue weighted by molar-refractivity contribution is 8.04. The molecule has 4 nitrogen and oxygen atoms in total. The largest absolute Gasteiger partial charge is 0.350 e. The lowest BCUT2D eigenvalue weighted by atomic mass is 10.1. The van der Waals surface area contributed by atoms with Crippen molar-refractivity contribution in [3.8, 4) is 0 Å². The lowest BCUT2D eigenvalue weighted by Crippen LogP contribution is -2.33. The van der Waals surface area contributed by atoms with Crippen molar-refractivity contribution in [3.05, 3.63) is 99.4 Å². The average Bonchev–Trinajstić information content (AvgIpc) is 2.78. The van der Waals surface area contributed by atoms with Crippen molar-refractivity contribution >= 4 is 46.9 Å². The Labute approximate surface area is 197 Å². The Bertz CT molecular complexity index is 1180. The summed E-state index contributed by atoms with van der Waals surface area (Å²) in [5, 5.41) is 6.57. The third-order valence-electron chi connectivity index (χ3n) is 5.17. The maximum atomic E-state index is 12.7. The van der Waals surface area contributed by atoms with Crippen LogP contribution in [-0.4, -0.2) is 17.9 Å². The van der Waals surface area contributed by atoms with Crippen LogP contribution in [-0.2, 0) is 11.2 Å². The van der Waals surface area contributed by atoms with Crippen LogP contribution >= 0.6 is 23.4 Å². The van der Waals surface area contributed by atoms with E-state index in [1.807, 2.05) is 55.5 Å². The maximum Gasteiger partial charge on any atom is 0.262 e. The van der Waals surface area contributed by atoms with Gasteiger partial charge in [-0.1, -0.05) is 65.8 Å². The van der Waals surface area contributed by atoms with Gasteiger partial charge in [-0.25, -0.2) is 0 Å². The molecule has 1 heterocycles. The van der Waals surface area contributed by atoms with Crippen LogP contribution in [0.3, 0.4) is 0 Å². The molecule has 1 atom stereocenters. The number of halogens is 1. The molecular formula is C26H23ClN2O2S. The Morgan fingerprint density at radius 1 is 1.09 bits per heavy atom. The molecule has 1 aliphatic heterocycles. The third kappa shape index (κ3) is 5.61. The number of nitrogens with one attached hydrogen (secondary N) is 2. The standard InChI is InChI=1S/C26H23ClN2O2S/c1-17(10-11-18-6-3-2-4-7-18)28-25(30)20-12-13-23-22(16-20)29-26(31)24(32-23)15-19-8-5-9-21(27)14-19/h2-9,12-17H,10-11H2,1H3,(H,28,30)(H,29,31)/b24-15+/t17-/m1/s1. The summed E-state index contributed by atoms with van der Waals surface area (Å²) in [4.78, 5) is 26.8. The molecule has 0 radical (unpaired) electrons. The number of amides is 2. The second kappa shape index (κ2) is 10.1. The molecular weight excluding hydrogens is 440 g/mol. The Morgan fingerprint density at radius 3 is 2.69 bits per heavy atom. The molecule has 162 valence electrons. The smallest absolute Gasteiger partial charge is 0.262 e. The molecule has 0 unspecified atom stereocenters. The number of benzene rings is 3. The van der Waals surface area contributed by atoms with E-state index < -0.39 is 0 Å². The molecule has 0 saturated carbocycles. The van der Waals surface area contributed by atoms with Crippen molar-refractivity contribution in [2.24, 2.45) is 0 Å². The van der Waals surface area contributed by atoms with Crippen LogP contribution in [0.2, 0.25) is 5.02 Å². The van der Waals surface area contributed by atoms with Crippen LogP contribution in [0.4, 0.5) is 5.69 Å². The number of hydrogen-bond acceptors (Lipinski definition) is 3. The highest BCUT2D eigenvalue weighted by Crippen LogP contribution is 2.39. The lowest BCUT2D eigenvalue weighted by molar-refractivity contribution is -0.112. The van der Waals surface area contributed by atoms with Gasteiger partial charge in [0.2, 0.25) is 0 Å². The summed E-state index contributed by atoms with van der Waals surface area (Å²) in [6, 6.07) is 23.0. The number of rotatable bonds is 6. The summed E-state index contributed by atoms with van der Waals surface area (Å²) in [7, 11) is 0. The zero-order valence-corrected chi connectivity index (χ0v) is 19.2. The number of anilines is 1. The van der Waals surface area contributed by atoms with E-state index in [9.17, 15) is 9.59 Å². The average molecular weight is 463 g/mol. The lowest BCUT2D eigenvalue weighted by Gasteiger charge is -2.20. The van der Waals surface area contributed by atoms with Gasteiger partial charge in [0, 0.05) is 21.5 Å². The monoisotopic (exact) mass is 462 g/mol. The molecule has 0 aliphatic carbocycles. The van der Waals surface area contributed by atoms with Crippen molar-refractivity contribution in [1.29, 1.82) is 0 Å². The van der Waals surface area contributed by atoms with Gasteiger partial charge in [0.1, 0.15) is 0 Å². The number of carbonyl (C=O) groups excluding carboxylic acids is 2. The molecule has 0 spiro atoms. The molecule has 32 heavy (non-hydrogen) atoms. The summed E-state index contributed by atoms with van der Waals surface area (Å²) < 4.78 is 0. The van der Waals surface area contributed by atoms with Crippen molar-refractivity contribution in [2.75, 3.05) is 5.32 Å². The van der Waals surface area contributed by atoms with Gasteiger partial charge < -0.3 is 10.6 Å². The minimum absolute atomic E-state index is 0.0370. The predicted octanol–water partition coefficient (Wildman–Crippen LogP) is 6.18. The van der Waals surface area contributed by atoms with Gasteiger partial charge in [-0.2, -0.15) is 0 Å². The van der Waals surface area contributed by atoms with Crippen LogP contribution in [0, 0.1) is 0 Å². The molecule has 0 bridgehead atoms. The topological polar surface area (TPSA) is 58.2 Å². The van der Waals surface area contributed by atoms with E-state index in [1.54, 1.807) is 18.2 Å². The summed E-state index contributed by atoms with van der Waals surface area (Å²) in [6.45, 7) is 2.00. The fraction of sp³-hybridized carbons (Fsp3) is 0.154. The van der Waals surface area contributed by atoms with Crippen molar-refractivity contribution in [3.63, 3.8) is 0 Å². The zero-order valence-electron chi connectivity index (χ0n) is 17.6. The minimum Gasteiger partial charge on any atom is -0.350 e. The quantitative estimate of drug-likeness (QED) is 0.430. The van der Waals surface area contributed by atoms with Gasteiger partial charge >= 0.3 is 0 Å². The highest BCUT2D eigenvalue weighted by Gasteiger charge is 2.22. The molecule has 2 N–H and O–H groups in total. The molecule has 2 amide bonds. The maximum absolute atomic E-state index is 12.7. The number of aryl methyl sites for hydroxylation is 1. The van der Waals surface area contributed by atoms with Gasteiger partial charge in [-0.3, -0.25) is 9.59 Å². The van der Waals surface area contributed by atoms with Crippen LogP contribution in [0.5, 0.6) is 0 Å². The fourth-order valence-electron chi connectivity index (χ4n) is 3.46. The Kier molecular flexibility index (Phi) is 6.98. The number of carbonyl (C=O) groups is 2. The van der Waals surface area contributed by atoms with Crippen LogP contribution in [0.25, 0.3) is 6.08 Å². The van der Waals surface area contributed by atoms with Gasteiger partial charge in [0.05, 0.1) is 10.6 Å². The van der Waals surface area contributed by atoms with Gasteiger partial charge in [-0.15, -0.1) is 0 Å². The Hall–Kier alpha value is -3.02. The van der Waals surface area contributed by atoms with Gasteiger partial charge in [0.15, 0.2) is 0 Å². The second-order valence-corrected chi connectivity index (χ2v) is 9.25. The van der Waals surface area contributed by atoms with Crippen LogP contribution in [0.15, 0.2) is 82.6 Å². The first kappa shape index (κ1) is 22.2. The van der Waals surface area contributed by atoms with Gasteiger partial charge in [-0.05, 0) is 67.3 Å². The van der Waals surface area contributed by atoms with E-state index in [2.05, 4.69) is 22.8 Å². The predicted molar refractivity (Wildman–Crippen MR) is 132 cm³/mol. The van der Waals surface area contributed by atoms with E-state index >= 15 is 0 Å². The van der Waals surface area contributed by atoms with E-state index in [-0.39, 0.29) is 17.9 Å². The Balaban J connectivity index is 1.41. The summed E-state index contributed by atoms with van der Waals surface area (Å²) in [5.41, 5.74) is 3.29. The van der Waals surface area contributed by atoms with Crippen LogP contribution in [0.1, 0.15) is 34.8 Å². The summed E-state index contributed by atoms with van der Waals surface area (Å²) >= 11 is 7.42. The zero-order chi connectivity index (χ0) is 22.5. The SMILES string of the molecule is C[C@H](CCc1ccccc1)NC(=O)c1ccc2c(c1)NC(=O)/C(=C\c1cccc(Cl)c1)S2. The number of hydrogen-bond donors (Lipinski definition) is 2. The summed E-state index contributed by atoms with van der Waals surface area (Å²) in [6.07, 6.45) is 3.57. The van der Waals surface area contributed by atoms with E-state index in [0.29, 0.717) is 21.2 Å². The van der Waals surface area contributed by atoms with E-state index in [1.165, 1.54) is 17.3 Å². The van der Waals surface area contributed by atoms with Crippen LogP contribution < -0.4 is 10.6 Å². The second-order valence-electron chi connectivity index (χ2n) is 7.73. The first-order valence-electron chi connectivity index (χ1n) is 10.4. The molecule has 4 rings (SSSR count). The van der Waals surface area contributed by atoms with E-state index in [4.69, 9.17) is 11.6 Å². The molecule has 0 aromatic heterocycles. The first-order valence-corrected chi connectivity index (χ1v) is 11.6. The first-order chi connectivity index (χ1) is 15.5. The van der Waals surface area contributed by atoms with Crippen molar-refractivity contribution in [2.45, 2.75) is 30.7 Å². The van der Waals surface area contributed by atoms with Gasteiger partial charge in [0.25, 0.3) is 11.8 Å². The fourth-order valence-corrected chi connectivity index (χ4v) is 4.59. The third-order valence-corrected chi connectivity index (χ3v) is 6.50. The minimum atomic E-state index is -0.198. The normalized spacial score (nSPS) is 15.1. The molecule has 3 aromatic rings. The van der Waals surface area contributed by atoms with E-state index in [0.717, 1.165) is 23.3 Å². The summed E-state index contributed by atoms with van der Waals surface area (Å²) in [5.74, 6) is -0.343. The molecule has 0 saturated heterocycles. The molecule has 0 fully saturated rings. The highest BCUT2D eigenvalue weighted by atomic mass is 35.5.